The van der Waals surface area contributed by atoms with Crippen molar-refractivity contribution in [1.82, 2.24) is 4.57 Å². The number of amides is 1. The SMILES string of the molecule is CN1C(=O)[C@@](O)(c2cccn2C)c2cc(Cl)ccc21. The minimum absolute atomic E-state index is 0.369. The number of anilines is 1. The highest BCUT2D eigenvalue weighted by Gasteiger charge is 2.51. The van der Waals surface area contributed by atoms with Crippen LogP contribution in [0, 0.1) is 0 Å². The van der Waals surface area contributed by atoms with Gasteiger partial charge in [-0.3, -0.25) is 4.79 Å². The standard InChI is InChI=1S/C14H13ClN2O2/c1-16-7-3-4-12(16)14(19)10-8-9(15)5-6-11(10)17(2)13(14)18/h3-8,19H,1-2H3/t14-/m0/s1. The predicted octanol–water partition coefficient (Wildman–Crippen LogP) is 1.89. The molecule has 0 saturated carbocycles. The van der Waals surface area contributed by atoms with Crippen LogP contribution in [0.15, 0.2) is 36.5 Å². The third kappa shape index (κ3) is 1.47. The Morgan fingerprint density at radius 2 is 2.00 bits per heavy atom. The zero-order chi connectivity index (χ0) is 13.8. The molecule has 1 amide bonds. The third-order valence-corrected chi connectivity index (χ3v) is 3.87. The van der Waals surface area contributed by atoms with E-state index in [-0.39, 0.29) is 5.91 Å². The van der Waals surface area contributed by atoms with E-state index in [2.05, 4.69) is 0 Å². The summed E-state index contributed by atoms with van der Waals surface area (Å²) < 4.78 is 1.74. The van der Waals surface area contributed by atoms with Gasteiger partial charge in [-0.15, -0.1) is 0 Å². The minimum atomic E-state index is -1.67. The second-order valence-corrected chi connectivity index (χ2v) is 5.18. The molecule has 1 atom stereocenters. The highest BCUT2D eigenvalue weighted by atomic mass is 35.5. The van der Waals surface area contributed by atoms with Gasteiger partial charge in [0, 0.05) is 30.9 Å². The van der Waals surface area contributed by atoms with Gasteiger partial charge >= 0.3 is 0 Å². The number of aryl methyl sites for hydroxylation is 1. The van der Waals surface area contributed by atoms with Gasteiger partial charge in [0.05, 0.1) is 11.4 Å². The average molecular weight is 277 g/mol. The summed E-state index contributed by atoms with van der Waals surface area (Å²) in [6.45, 7) is 0. The fourth-order valence-electron chi connectivity index (χ4n) is 2.64. The molecule has 0 bridgehead atoms. The first-order chi connectivity index (χ1) is 8.96. The van der Waals surface area contributed by atoms with Gasteiger partial charge in [-0.25, -0.2) is 0 Å². The Kier molecular flexibility index (Phi) is 2.49. The topological polar surface area (TPSA) is 45.5 Å². The Hall–Kier alpha value is -1.78. The lowest BCUT2D eigenvalue weighted by molar-refractivity contribution is -0.132. The zero-order valence-electron chi connectivity index (χ0n) is 10.6. The summed E-state index contributed by atoms with van der Waals surface area (Å²) in [5.74, 6) is -0.369. The summed E-state index contributed by atoms with van der Waals surface area (Å²) in [5.41, 5.74) is 0.0607. The van der Waals surface area contributed by atoms with E-state index in [1.54, 1.807) is 55.2 Å². The lowest BCUT2D eigenvalue weighted by Crippen LogP contribution is -2.40. The molecule has 98 valence electrons. The maximum Gasteiger partial charge on any atom is 0.269 e. The Balaban J connectivity index is 2.32. The third-order valence-electron chi connectivity index (χ3n) is 3.64. The van der Waals surface area contributed by atoms with E-state index in [9.17, 15) is 9.90 Å². The molecule has 0 aliphatic carbocycles. The Bertz CT molecular complexity index is 680. The van der Waals surface area contributed by atoms with E-state index in [4.69, 9.17) is 11.6 Å². The molecule has 19 heavy (non-hydrogen) atoms. The van der Waals surface area contributed by atoms with Crippen LogP contribution >= 0.6 is 11.6 Å². The molecular formula is C14H13ClN2O2. The normalized spacial score (nSPS) is 21.9. The minimum Gasteiger partial charge on any atom is -0.371 e. The quantitative estimate of drug-likeness (QED) is 0.865. The number of rotatable bonds is 1. The van der Waals surface area contributed by atoms with E-state index in [1.165, 1.54) is 4.90 Å². The largest absolute Gasteiger partial charge is 0.371 e. The molecule has 0 fully saturated rings. The van der Waals surface area contributed by atoms with Gasteiger partial charge in [-0.05, 0) is 30.3 Å². The molecule has 1 aromatic carbocycles. The second-order valence-electron chi connectivity index (χ2n) is 4.74. The van der Waals surface area contributed by atoms with E-state index >= 15 is 0 Å². The van der Waals surface area contributed by atoms with Gasteiger partial charge in [0.1, 0.15) is 0 Å². The molecule has 5 heteroatoms. The molecule has 4 nitrogen and oxygen atoms in total. The number of aromatic nitrogens is 1. The number of halogens is 1. The lowest BCUT2D eigenvalue weighted by atomic mass is 9.92. The molecule has 0 unspecified atom stereocenters. The second kappa shape index (κ2) is 3.85. The van der Waals surface area contributed by atoms with Gasteiger partial charge in [0.15, 0.2) is 0 Å². The van der Waals surface area contributed by atoms with Crippen molar-refractivity contribution in [1.29, 1.82) is 0 Å². The summed E-state index contributed by atoms with van der Waals surface area (Å²) in [5, 5.41) is 11.5. The fraction of sp³-hybridized carbons (Fsp3) is 0.214. The van der Waals surface area contributed by atoms with Gasteiger partial charge in [-0.1, -0.05) is 11.6 Å². The van der Waals surface area contributed by atoms with Crippen molar-refractivity contribution in [3.63, 3.8) is 0 Å². The molecule has 2 aromatic rings. The number of carbonyl (C=O) groups is 1. The highest BCUT2D eigenvalue weighted by Crippen LogP contribution is 2.44. The maximum atomic E-state index is 12.5. The monoisotopic (exact) mass is 276 g/mol. The van der Waals surface area contributed by atoms with Crippen LogP contribution in [0.3, 0.4) is 0 Å². The van der Waals surface area contributed by atoms with Crippen molar-refractivity contribution < 1.29 is 9.90 Å². The van der Waals surface area contributed by atoms with E-state index in [0.29, 0.717) is 22.0 Å². The first-order valence-corrected chi connectivity index (χ1v) is 6.26. The Labute approximate surface area is 115 Å². The number of benzene rings is 1. The van der Waals surface area contributed by atoms with E-state index < -0.39 is 5.60 Å². The molecule has 0 radical (unpaired) electrons. The molecule has 1 N–H and O–H groups in total. The van der Waals surface area contributed by atoms with E-state index in [1.807, 2.05) is 0 Å². The van der Waals surface area contributed by atoms with Crippen LogP contribution in [0.1, 0.15) is 11.3 Å². The molecule has 2 heterocycles. The van der Waals surface area contributed by atoms with Gasteiger partial charge in [0.25, 0.3) is 5.91 Å². The summed E-state index contributed by atoms with van der Waals surface area (Å²) in [4.78, 5) is 13.9. The van der Waals surface area contributed by atoms with Crippen LogP contribution in [-0.2, 0) is 17.4 Å². The van der Waals surface area contributed by atoms with Crippen LogP contribution in [0.25, 0.3) is 0 Å². The van der Waals surface area contributed by atoms with Crippen molar-refractivity contribution in [2.75, 3.05) is 11.9 Å². The molecule has 1 aliphatic rings. The number of likely N-dealkylation sites (N-methyl/N-ethyl adjacent to an activating group) is 1. The first-order valence-electron chi connectivity index (χ1n) is 5.88. The molecule has 0 spiro atoms. The smallest absolute Gasteiger partial charge is 0.269 e. The Morgan fingerprint density at radius 1 is 1.26 bits per heavy atom. The van der Waals surface area contributed by atoms with Gasteiger partial charge in [0.2, 0.25) is 5.60 Å². The number of hydrogen-bond acceptors (Lipinski definition) is 2. The van der Waals surface area contributed by atoms with Gasteiger partial charge in [-0.2, -0.15) is 0 Å². The number of fused-ring (bicyclic) bond motifs is 1. The van der Waals surface area contributed by atoms with E-state index in [0.717, 1.165) is 0 Å². The van der Waals surface area contributed by atoms with Crippen LogP contribution in [0.4, 0.5) is 5.69 Å². The van der Waals surface area contributed by atoms with Crippen LogP contribution in [-0.4, -0.2) is 22.6 Å². The summed E-state index contributed by atoms with van der Waals surface area (Å²) in [7, 11) is 3.44. The lowest BCUT2D eigenvalue weighted by Gasteiger charge is -2.22. The van der Waals surface area contributed by atoms with Crippen molar-refractivity contribution in [2.24, 2.45) is 7.05 Å². The summed E-state index contributed by atoms with van der Waals surface area (Å²) in [6, 6.07) is 8.63. The molecule has 0 saturated heterocycles. The average Bonchev–Trinajstić information content (AvgIpc) is 2.88. The predicted molar refractivity (Wildman–Crippen MR) is 73.3 cm³/mol. The fourth-order valence-corrected chi connectivity index (χ4v) is 2.81. The molecule has 1 aliphatic heterocycles. The van der Waals surface area contributed by atoms with Gasteiger partial charge < -0.3 is 14.6 Å². The highest BCUT2D eigenvalue weighted by molar-refractivity contribution is 6.31. The van der Waals surface area contributed by atoms with Crippen molar-refractivity contribution in [3.05, 3.63) is 52.8 Å². The molecule has 3 rings (SSSR count). The number of carbonyl (C=O) groups excluding carboxylic acids is 1. The molecular weight excluding hydrogens is 264 g/mol. The van der Waals surface area contributed by atoms with Crippen LogP contribution < -0.4 is 4.90 Å². The van der Waals surface area contributed by atoms with Crippen molar-refractivity contribution in [2.45, 2.75) is 5.60 Å². The maximum absolute atomic E-state index is 12.5. The number of hydrogen-bond donors (Lipinski definition) is 1. The number of nitrogens with zero attached hydrogens (tertiary/aromatic N) is 2. The first kappa shape index (κ1) is 12.3. The number of aliphatic hydroxyl groups is 1. The molecule has 1 aromatic heterocycles. The van der Waals surface area contributed by atoms with Crippen LogP contribution in [0.5, 0.6) is 0 Å². The van der Waals surface area contributed by atoms with Crippen LogP contribution in [0.2, 0.25) is 5.02 Å². The summed E-state index contributed by atoms with van der Waals surface area (Å²) in [6.07, 6.45) is 1.79. The Morgan fingerprint density at radius 3 is 2.63 bits per heavy atom. The van der Waals surface area contributed by atoms with Crippen molar-refractivity contribution >= 4 is 23.2 Å². The van der Waals surface area contributed by atoms with Crippen molar-refractivity contribution in [3.8, 4) is 0 Å². The summed E-state index contributed by atoms with van der Waals surface area (Å²) >= 11 is 6.00. The zero-order valence-corrected chi connectivity index (χ0v) is 11.3.